The number of methoxy groups -OCH3 is 2. The second-order valence-corrected chi connectivity index (χ2v) is 2.86. The molecule has 0 saturated heterocycles. The molecule has 0 fully saturated rings. The normalized spacial score (nSPS) is 10.5. The van der Waals surface area contributed by atoms with Gasteiger partial charge in [-0.2, -0.15) is 5.10 Å². The molecule has 1 aromatic carbocycles. The van der Waals surface area contributed by atoms with Crippen molar-refractivity contribution in [3.8, 4) is 11.5 Å². The molecule has 76 valence electrons. The van der Waals surface area contributed by atoms with E-state index in [1.165, 1.54) is 6.21 Å². The monoisotopic (exact) mass is 194 g/mol. The Morgan fingerprint density at radius 1 is 1.21 bits per heavy atom. The fourth-order valence-corrected chi connectivity index (χ4v) is 1.27. The van der Waals surface area contributed by atoms with E-state index in [4.69, 9.17) is 15.3 Å². The Morgan fingerprint density at radius 2 is 1.71 bits per heavy atom. The smallest absolute Gasteiger partial charge is 0.131 e. The lowest BCUT2D eigenvalue weighted by atomic mass is 10.1. The van der Waals surface area contributed by atoms with Crippen molar-refractivity contribution < 1.29 is 9.47 Å². The maximum atomic E-state index is 5.19. The molecule has 0 aliphatic rings. The van der Waals surface area contributed by atoms with Gasteiger partial charge in [-0.05, 0) is 24.6 Å². The zero-order valence-electron chi connectivity index (χ0n) is 8.57. The van der Waals surface area contributed by atoms with E-state index in [1.54, 1.807) is 14.2 Å². The van der Waals surface area contributed by atoms with Crippen LogP contribution in [0, 0.1) is 6.92 Å². The van der Waals surface area contributed by atoms with Gasteiger partial charge >= 0.3 is 0 Å². The van der Waals surface area contributed by atoms with Gasteiger partial charge in [0.05, 0.1) is 26.0 Å². The Hall–Kier alpha value is -1.71. The highest BCUT2D eigenvalue weighted by Gasteiger charge is 2.08. The van der Waals surface area contributed by atoms with Crippen LogP contribution in [-0.2, 0) is 0 Å². The molecule has 0 aliphatic heterocycles. The van der Waals surface area contributed by atoms with Crippen LogP contribution in [0.2, 0.25) is 0 Å². The first-order valence-corrected chi connectivity index (χ1v) is 4.18. The van der Waals surface area contributed by atoms with E-state index >= 15 is 0 Å². The van der Waals surface area contributed by atoms with Crippen molar-refractivity contribution in [1.82, 2.24) is 0 Å². The molecule has 0 aliphatic carbocycles. The summed E-state index contributed by atoms with van der Waals surface area (Å²) in [7, 11) is 3.20. The molecule has 0 saturated carbocycles. The van der Waals surface area contributed by atoms with Gasteiger partial charge in [-0.1, -0.05) is 0 Å². The molecule has 0 heterocycles. The van der Waals surface area contributed by atoms with Crippen LogP contribution in [0.15, 0.2) is 17.2 Å². The van der Waals surface area contributed by atoms with Crippen molar-refractivity contribution in [3.05, 3.63) is 23.3 Å². The fourth-order valence-electron chi connectivity index (χ4n) is 1.27. The minimum Gasteiger partial charge on any atom is -0.496 e. The van der Waals surface area contributed by atoms with E-state index in [-0.39, 0.29) is 0 Å². The van der Waals surface area contributed by atoms with Crippen LogP contribution in [0.4, 0.5) is 0 Å². The predicted octanol–water partition coefficient (Wildman–Crippen LogP) is 1.30. The van der Waals surface area contributed by atoms with Gasteiger partial charge in [0.2, 0.25) is 0 Å². The van der Waals surface area contributed by atoms with Crippen LogP contribution in [-0.4, -0.2) is 20.4 Å². The zero-order valence-corrected chi connectivity index (χ0v) is 8.57. The highest BCUT2D eigenvalue weighted by molar-refractivity contribution is 5.87. The molecule has 0 aromatic heterocycles. The first-order chi connectivity index (χ1) is 6.72. The minimum absolute atomic E-state index is 0.705. The van der Waals surface area contributed by atoms with Crippen molar-refractivity contribution >= 4 is 6.21 Å². The molecule has 0 unspecified atom stereocenters. The molecule has 0 atom stereocenters. The molecule has 1 aromatic rings. The fraction of sp³-hybridized carbons (Fsp3) is 0.300. The van der Waals surface area contributed by atoms with Crippen molar-refractivity contribution in [2.45, 2.75) is 6.92 Å². The average Bonchev–Trinajstić information content (AvgIpc) is 2.20. The summed E-state index contributed by atoms with van der Waals surface area (Å²) in [5.41, 5.74) is 1.82. The molecule has 14 heavy (non-hydrogen) atoms. The predicted molar refractivity (Wildman–Crippen MR) is 56.1 cm³/mol. The van der Waals surface area contributed by atoms with E-state index in [0.29, 0.717) is 11.5 Å². The molecule has 1 rings (SSSR count). The van der Waals surface area contributed by atoms with Gasteiger partial charge in [-0.25, -0.2) is 0 Å². The first kappa shape index (κ1) is 10.4. The summed E-state index contributed by atoms with van der Waals surface area (Å²) in [6.45, 7) is 1.97. The van der Waals surface area contributed by atoms with Gasteiger partial charge < -0.3 is 15.3 Å². The number of rotatable bonds is 3. The molecular formula is C10H14N2O2. The minimum atomic E-state index is 0.705. The number of hydrogen-bond donors (Lipinski definition) is 1. The van der Waals surface area contributed by atoms with Crippen LogP contribution >= 0.6 is 0 Å². The summed E-state index contributed by atoms with van der Waals surface area (Å²) in [6.07, 6.45) is 1.51. The summed E-state index contributed by atoms with van der Waals surface area (Å²) in [5.74, 6) is 6.51. The van der Waals surface area contributed by atoms with Crippen molar-refractivity contribution in [2.24, 2.45) is 10.9 Å². The number of aryl methyl sites for hydroxylation is 1. The second-order valence-electron chi connectivity index (χ2n) is 2.86. The Morgan fingerprint density at radius 3 is 2.07 bits per heavy atom. The van der Waals surface area contributed by atoms with Crippen LogP contribution in [0.25, 0.3) is 0 Å². The lowest BCUT2D eigenvalue weighted by Gasteiger charge is -2.10. The van der Waals surface area contributed by atoms with Crippen LogP contribution in [0.1, 0.15) is 11.1 Å². The Kier molecular flexibility index (Phi) is 3.34. The summed E-state index contributed by atoms with van der Waals surface area (Å²) >= 11 is 0. The van der Waals surface area contributed by atoms with E-state index in [9.17, 15) is 0 Å². The maximum absolute atomic E-state index is 5.19. The zero-order chi connectivity index (χ0) is 10.6. The van der Waals surface area contributed by atoms with Crippen molar-refractivity contribution in [3.63, 3.8) is 0 Å². The third kappa shape index (κ3) is 1.96. The van der Waals surface area contributed by atoms with Gasteiger partial charge in [-0.3, -0.25) is 0 Å². The molecular weight excluding hydrogens is 180 g/mol. The van der Waals surface area contributed by atoms with Gasteiger partial charge in [0, 0.05) is 0 Å². The lowest BCUT2D eigenvalue weighted by molar-refractivity contribution is 0.392. The summed E-state index contributed by atoms with van der Waals surface area (Å²) < 4.78 is 10.4. The number of ether oxygens (including phenoxy) is 2. The van der Waals surface area contributed by atoms with Gasteiger partial charge in [0.25, 0.3) is 0 Å². The summed E-state index contributed by atoms with van der Waals surface area (Å²) in [5, 5.41) is 3.47. The van der Waals surface area contributed by atoms with Crippen molar-refractivity contribution in [1.29, 1.82) is 0 Å². The Labute approximate surface area is 83.3 Å². The van der Waals surface area contributed by atoms with Crippen LogP contribution in [0.3, 0.4) is 0 Å². The number of hydrogen-bond acceptors (Lipinski definition) is 4. The van der Waals surface area contributed by atoms with E-state index < -0.39 is 0 Å². The van der Waals surface area contributed by atoms with Gasteiger partial charge in [0.1, 0.15) is 11.5 Å². The Balaban J connectivity index is 3.32. The van der Waals surface area contributed by atoms with Gasteiger partial charge in [-0.15, -0.1) is 0 Å². The number of hydrazone groups is 1. The largest absolute Gasteiger partial charge is 0.496 e. The molecule has 4 nitrogen and oxygen atoms in total. The number of nitrogens with two attached hydrogens (primary N) is 1. The molecule has 0 bridgehead atoms. The van der Waals surface area contributed by atoms with Gasteiger partial charge in [0.15, 0.2) is 0 Å². The van der Waals surface area contributed by atoms with Crippen LogP contribution in [0.5, 0.6) is 11.5 Å². The molecule has 0 spiro atoms. The molecule has 4 heteroatoms. The summed E-state index contributed by atoms with van der Waals surface area (Å²) in [4.78, 5) is 0. The third-order valence-electron chi connectivity index (χ3n) is 1.89. The standard InChI is InChI=1S/C10H14N2O2/c1-7-4-9(13-2)8(6-12-11)10(5-7)14-3/h4-6H,11H2,1-3H3/b12-6+. The SMILES string of the molecule is COc1cc(C)cc(OC)c1/C=N/N. The lowest BCUT2D eigenvalue weighted by Crippen LogP contribution is -1.98. The maximum Gasteiger partial charge on any atom is 0.131 e. The Bertz CT molecular complexity index is 323. The first-order valence-electron chi connectivity index (χ1n) is 4.18. The number of benzene rings is 1. The second kappa shape index (κ2) is 4.50. The molecule has 2 N–H and O–H groups in total. The van der Waals surface area contributed by atoms with Crippen molar-refractivity contribution in [2.75, 3.05) is 14.2 Å². The quantitative estimate of drug-likeness (QED) is 0.448. The molecule has 0 amide bonds. The molecule has 0 radical (unpaired) electrons. The highest BCUT2D eigenvalue weighted by Crippen LogP contribution is 2.28. The highest BCUT2D eigenvalue weighted by atomic mass is 16.5. The summed E-state index contributed by atoms with van der Waals surface area (Å²) in [6, 6.07) is 3.80. The average molecular weight is 194 g/mol. The third-order valence-corrected chi connectivity index (χ3v) is 1.89. The van der Waals surface area contributed by atoms with E-state index in [2.05, 4.69) is 5.10 Å². The van der Waals surface area contributed by atoms with E-state index in [1.807, 2.05) is 19.1 Å². The topological polar surface area (TPSA) is 56.8 Å². The number of nitrogens with zero attached hydrogens (tertiary/aromatic N) is 1. The van der Waals surface area contributed by atoms with E-state index in [0.717, 1.165) is 11.1 Å². The van der Waals surface area contributed by atoms with Crippen LogP contribution < -0.4 is 15.3 Å².